The number of rotatable bonds is 2. The summed E-state index contributed by atoms with van der Waals surface area (Å²) in [5, 5.41) is 0.653. The molecule has 2 N–H and O–H groups in total. The number of piperidine rings is 1. The van der Waals surface area contributed by atoms with Crippen LogP contribution in [0.25, 0.3) is 0 Å². The molecule has 0 aliphatic carbocycles. The van der Waals surface area contributed by atoms with E-state index in [9.17, 15) is 4.79 Å². The van der Waals surface area contributed by atoms with Crippen molar-refractivity contribution in [2.45, 2.75) is 12.8 Å². The van der Waals surface area contributed by atoms with Crippen LogP contribution in [0.1, 0.15) is 23.2 Å². The molecule has 0 bridgehead atoms. The van der Waals surface area contributed by atoms with Gasteiger partial charge < -0.3 is 10.6 Å². The Labute approximate surface area is 107 Å². The fraction of sp³-hybridized carbons (Fsp3) is 0.462. The second-order valence-corrected chi connectivity index (χ2v) is 4.94. The van der Waals surface area contributed by atoms with Gasteiger partial charge in [0, 0.05) is 23.7 Å². The molecule has 1 aliphatic heterocycles. The molecule has 1 fully saturated rings. The van der Waals surface area contributed by atoms with Crippen molar-refractivity contribution in [3.05, 3.63) is 34.9 Å². The summed E-state index contributed by atoms with van der Waals surface area (Å²) < 4.78 is 0. The molecule has 92 valence electrons. The van der Waals surface area contributed by atoms with Crippen molar-refractivity contribution in [3.63, 3.8) is 0 Å². The summed E-state index contributed by atoms with van der Waals surface area (Å²) in [5.74, 6) is 0.528. The van der Waals surface area contributed by atoms with E-state index in [0.29, 0.717) is 23.0 Å². The fourth-order valence-corrected chi connectivity index (χ4v) is 2.34. The molecule has 1 heterocycles. The summed E-state index contributed by atoms with van der Waals surface area (Å²) in [4.78, 5) is 14.1. The lowest BCUT2D eigenvalue weighted by Gasteiger charge is -2.32. The van der Waals surface area contributed by atoms with Crippen molar-refractivity contribution < 1.29 is 4.79 Å². The topological polar surface area (TPSA) is 46.3 Å². The number of carbonyl (C=O) groups is 1. The lowest BCUT2D eigenvalue weighted by molar-refractivity contribution is 0.0678. The first-order valence-corrected chi connectivity index (χ1v) is 6.33. The Bertz CT molecular complexity index is 391. The highest BCUT2D eigenvalue weighted by Gasteiger charge is 2.23. The average Bonchev–Trinajstić information content (AvgIpc) is 2.39. The minimum atomic E-state index is 0.0832. The van der Waals surface area contributed by atoms with Crippen LogP contribution in [0.15, 0.2) is 24.3 Å². The van der Waals surface area contributed by atoms with Gasteiger partial charge in [-0.25, -0.2) is 0 Å². The first-order valence-electron chi connectivity index (χ1n) is 5.95. The third-order valence-corrected chi connectivity index (χ3v) is 3.48. The van der Waals surface area contributed by atoms with Gasteiger partial charge in [-0.1, -0.05) is 11.6 Å². The summed E-state index contributed by atoms with van der Waals surface area (Å²) >= 11 is 5.81. The van der Waals surface area contributed by atoms with E-state index in [2.05, 4.69) is 0 Å². The van der Waals surface area contributed by atoms with Gasteiger partial charge in [0.15, 0.2) is 0 Å². The molecule has 4 heteroatoms. The molecular weight excluding hydrogens is 236 g/mol. The second-order valence-electron chi connectivity index (χ2n) is 4.50. The van der Waals surface area contributed by atoms with Crippen LogP contribution in [0.2, 0.25) is 5.02 Å². The van der Waals surface area contributed by atoms with E-state index in [1.165, 1.54) is 0 Å². The zero-order chi connectivity index (χ0) is 12.3. The first kappa shape index (κ1) is 12.4. The van der Waals surface area contributed by atoms with Gasteiger partial charge in [-0.15, -0.1) is 0 Å². The van der Waals surface area contributed by atoms with Gasteiger partial charge in [-0.05, 0) is 49.6 Å². The predicted octanol–water partition coefficient (Wildman–Crippen LogP) is 2.15. The first-order chi connectivity index (χ1) is 8.20. The van der Waals surface area contributed by atoms with E-state index in [-0.39, 0.29) is 5.91 Å². The Morgan fingerprint density at radius 1 is 1.41 bits per heavy atom. The van der Waals surface area contributed by atoms with E-state index in [0.717, 1.165) is 25.9 Å². The highest BCUT2D eigenvalue weighted by molar-refractivity contribution is 6.30. The lowest BCUT2D eigenvalue weighted by atomic mass is 9.97. The molecule has 1 atom stereocenters. The number of likely N-dealkylation sites (tertiary alicyclic amines) is 1. The number of carbonyl (C=O) groups excluding carboxylic acids is 1. The molecule has 1 aromatic rings. The van der Waals surface area contributed by atoms with E-state index < -0.39 is 0 Å². The van der Waals surface area contributed by atoms with Crippen LogP contribution >= 0.6 is 11.6 Å². The molecule has 2 rings (SSSR count). The smallest absolute Gasteiger partial charge is 0.253 e. The van der Waals surface area contributed by atoms with E-state index in [1.807, 2.05) is 4.90 Å². The Morgan fingerprint density at radius 3 is 2.76 bits per heavy atom. The van der Waals surface area contributed by atoms with E-state index in [4.69, 9.17) is 17.3 Å². The number of amides is 1. The minimum Gasteiger partial charge on any atom is -0.338 e. The highest BCUT2D eigenvalue weighted by Crippen LogP contribution is 2.18. The Morgan fingerprint density at radius 2 is 2.12 bits per heavy atom. The Kier molecular flexibility index (Phi) is 4.02. The molecule has 0 saturated carbocycles. The quantitative estimate of drug-likeness (QED) is 0.877. The van der Waals surface area contributed by atoms with Gasteiger partial charge in [0.25, 0.3) is 5.91 Å². The van der Waals surface area contributed by atoms with Crippen molar-refractivity contribution in [2.24, 2.45) is 11.7 Å². The van der Waals surface area contributed by atoms with Gasteiger partial charge >= 0.3 is 0 Å². The van der Waals surface area contributed by atoms with Crippen LogP contribution in [-0.4, -0.2) is 30.4 Å². The summed E-state index contributed by atoms with van der Waals surface area (Å²) in [5.41, 5.74) is 6.37. The number of nitrogens with two attached hydrogens (primary N) is 1. The number of hydrogen-bond donors (Lipinski definition) is 1. The maximum atomic E-state index is 12.2. The number of nitrogens with zero attached hydrogens (tertiary/aromatic N) is 1. The van der Waals surface area contributed by atoms with Crippen LogP contribution in [0, 0.1) is 5.92 Å². The van der Waals surface area contributed by atoms with Gasteiger partial charge in [0.1, 0.15) is 0 Å². The molecule has 1 aliphatic rings. The van der Waals surface area contributed by atoms with Crippen molar-refractivity contribution in [3.8, 4) is 0 Å². The highest BCUT2D eigenvalue weighted by atomic mass is 35.5. The number of hydrogen-bond acceptors (Lipinski definition) is 2. The van der Waals surface area contributed by atoms with Crippen molar-refractivity contribution in [2.75, 3.05) is 19.6 Å². The van der Waals surface area contributed by atoms with Gasteiger partial charge in [0.2, 0.25) is 0 Å². The average molecular weight is 253 g/mol. The molecule has 1 amide bonds. The Balaban J connectivity index is 2.06. The van der Waals surface area contributed by atoms with Gasteiger partial charge in [-0.2, -0.15) is 0 Å². The minimum absolute atomic E-state index is 0.0832. The van der Waals surface area contributed by atoms with E-state index >= 15 is 0 Å². The molecule has 0 aromatic heterocycles. The van der Waals surface area contributed by atoms with Crippen LogP contribution in [0.5, 0.6) is 0 Å². The lowest BCUT2D eigenvalue weighted by Crippen LogP contribution is -2.42. The van der Waals surface area contributed by atoms with E-state index in [1.54, 1.807) is 24.3 Å². The number of benzene rings is 1. The molecule has 3 nitrogen and oxygen atoms in total. The van der Waals surface area contributed by atoms with Gasteiger partial charge in [-0.3, -0.25) is 4.79 Å². The molecule has 1 aromatic carbocycles. The molecule has 0 radical (unpaired) electrons. The summed E-state index contributed by atoms with van der Waals surface area (Å²) in [6.07, 6.45) is 2.17. The van der Waals surface area contributed by atoms with Crippen LogP contribution in [-0.2, 0) is 0 Å². The summed E-state index contributed by atoms with van der Waals surface area (Å²) in [6, 6.07) is 7.05. The van der Waals surface area contributed by atoms with Crippen molar-refractivity contribution in [1.29, 1.82) is 0 Å². The molecule has 17 heavy (non-hydrogen) atoms. The summed E-state index contributed by atoms with van der Waals surface area (Å²) in [7, 11) is 0. The normalized spacial score (nSPS) is 20.4. The largest absolute Gasteiger partial charge is 0.338 e. The standard InChI is InChI=1S/C13H17ClN2O/c14-12-5-3-11(4-6-12)13(17)16-7-1-2-10(8-15)9-16/h3-6,10H,1-2,7-9,15H2/t10-/m0/s1. The zero-order valence-corrected chi connectivity index (χ0v) is 10.5. The van der Waals surface area contributed by atoms with Gasteiger partial charge in [0.05, 0.1) is 0 Å². The third kappa shape index (κ3) is 2.99. The second kappa shape index (κ2) is 5.52. The number of halogens is 1. The monoisotopic (exact) mass is 252 g/mol. The predicted molar refractivity (Wildman–Crippen MR) is 69.1 cm³/mol. The fourth-order valence-electron chi connectivity index (χ4n) is 2.22. The van der Waals surface area contributed by atoms with Crippen LogP contribution in [0.3, 0.4) is 0 Å². The molecule has 1 saturated heterocycles. The third-order valence-electron chi connectivity index (χ3n) is 3.23. The SMILES string of the molecule is NC[C@@H]1CCCN(C(=O)c2ccc(Cl)cc2)C1. The van der Waals surface area contributed by atoms with Crippen molar-refractivity contribution in [1.82, 2.24) is 4.90 Å². The Hall–Kier alpha value is -1.06. The maximum absolute atomic E-state index is 12.2. The molecule has 0 spiro atoms. The maximum Gasteiger partial charge on any atom is 0.253 e. The van der Waals surface area contributed by atoms with Crippen LogP contribution < -0.4 is 5.73 Å². The van der Waals surface area contributed by atoms with Crippen molar-refractivity contribution >= 4 is 17.5 Å². The van der Waals surface area contributed by atoms with Crippen LogP contribution in [0.4, 0.5) is 0 Å². The summed E-state index contributed by atoms with van der Waals surface area (Å²) in [6.45, 7) is 2.26. The zero-order valence-electron chi connectivity index (χ0n) is 9.73. The molecular formula is C13H17ClN2O. The molecule has 0 unspecified atom stereocenters.